The lowest BCUT2D eigenvalue weighted by Crippen LogP contribution is -2.32. The van der Waals surface area contributed by atoms with Crippen molar-refractivity contribution in [2.45, 2.75) is 26.0 Å². The Balaban J connectivity index is 1.91. The Morgan fingerprint density at radius 2 is 2.35 bits per heavy atom. The van der Waals surface area contributed by atoms with Crippen molar-refractivity contribution in [3.63, 3.8) is 0 Å². The van der Waals surface area contributed by atoms with Crippen molar-refractivity contribution >= 4 is 17.3 Å². The molecule has 2 rings (SSSR count). The van der Waals surface area contributed by atoms with Gasteiger partial charge in [0.05, 0.1) is 5.69 Å². The topological polar surface area (TPSA) is 85.4 Å². The van der Waals surface area contributed by atoms with E-state index in [9.17, 15) is 4.79 Å². The highest BCUT2D eigenvalue weighted by Crippen LogP contribution is 2.17. The second-order valence-corrected chi connectivity index (χ2v) is 5.43. The second-order valence-electron chi connectivity index (χ2n) is 4.49. The molecule has 1 heterocycles. The fraction of sp³-hybridized carbons (Fsp3) is 0.286. The molecule has 1 aromatic heterocycles. The Labute approximate surface area is 121 Å². The second kappa shape index (κ2) is 6.49. The van der Waals surface area contributed by atoms with Crippen molar-refractivity contribution in [2.24, 2.45) is 5.73 Å². The Hall–Kier alpha value is -1.92. The van der Waals surface area contributed by atoms with Crippen LogP contribution in [0.2, 0.25) is 0 Å². The lowest BCUT2D eigenvalue weighted by Gasteiger charge is -2.04. The van der Waals surface area contributed by atoms with Crippen LogP contribution in [0.5, 0.6) is 5.75 Å². The molecule has 1 aromatic carbocycles. The Kier molecular flexibility index (Phi) is 4.70. The van der Waals surface area contributed by atoms with Gasteiger partial charge >= 0.3 is 5.97 Å². The zero-order valence-electron chi connectivity index (χ0n) is 11.1. The first-order valence-electron chi connectivity index (χ1n) is 6.15. The third-order valence-corrected chi connectivity index (χ3v) is 3.57. The van der Waals surface area contributed by atoms with E-state index in [0.29, 0.717) is 12.3 Å². The van der Waals surface area contributed by atoms with Crippen LogP contribution in [0.1, 0.15) is 16.3 Å². The average Bonchev–Trinajstić information content (AvgIpc) is 2.84. The maximum Gasteiger partial charge on any atom is 0.320 e. The van der Waals surface area contributed by atoms with E-state index in [1.807, 2.05) is 36.6 Å². The lowest BCUT2D eigenvalue weighted by molar-refractivity contribution is -0.138. The summed E-state index contributed by atoms with van der Waals surface area (Å²) in [5.41, 5.74) is 7.30. The average molecular weight is 292 g/mol. The zero-order chi connectivity index (χ0) is 14.5. The summed E-state index contributed by atoms with van der Waals surface area (Å²) in [5, 5.41) is 11.4. The van der Waals surface area contributed by atoms with Crippen LogP contribution in [-0.2, 0) is 17.8 Å². The van der Waals surface area contributed by atoms with Crippen LogP contribution in [0, 0.1) is 6.92 Å². The molecular weight excluding hydrogens is 276 g/mol. The minimum absolute atomic E-state index is 0.232. The van der Waals surface area contributed by atoms with Gasteiger partial charge in [0.1, 0.15) is 23.4 Å². The molecule has 0 aliphatic carbocycles. The number of aromatic nitrogens is 1. The predicted molar refractivity (Wildman–Crippen MR) is 76.9 cm³/mol. The fourth-order valence-corrected chi connectivity index (χ4v) is 2.39. The van der Waals surface area contributed by atoms with Gasteiger partial charge in [0.15, 0.2) is 0 Å². The van der Waals surface area contributed by atoms with Crippen LogP contribution in [0.15, 0.2) is 29.6 Å². The number of thiazole rings is 1. The molecule has 20 heavy (non-hydrogen) atoms. The van der Waals surface area contributed by atoms with Gasteiger partial charge in [-0.25, -0.2) is 4.98 Å². The van der Waals surface area contributed by atoms with Crippen LogP contribution in [0.4, 0.5) is 0 Å². The van der Waals surface area contributed by atoms with Gasteiger partial charge in [0.25, 0.3) is 0 Å². The summed E-state index contributed by atoms with van der Waals surface area (Å²) in [6, 6.07) is 6.87. The molecule has 0 aliphatic rings. The number of nitrogens with two attached hydrogens (primary N) is 1. The van der Waals surface area contributed by atoms with Gasteiger partial charge < -0.3 is 15.6 Å². The molecular formula is C14H16N2O3S. The van der Waals surface area contributed by atoms with Crippen LogP contribution >= 0.6 is 11.3 Å². The third-order valence-electron chi connectivity index (χ3n) is 2.70. The largest absolute Gasteiger partial charge is 0.486 e. The predicted octanol–water partition coefficient (Wildman–Crippen LogP) is 1.98. The van der Waals surface area contributed by atoms with E-state index in [0.717, 1.165) is 16.3 Å². The van der Waals surface area contributed by atoms with Gasteiger partial charge in [-0.15, -0.1) is 11.3 Å². The summed E-state index contributed by atoms with van der Waals surface area (Å²) in [7, 11) is 0. The Bertz CT molecular complexity index is 598. The van der Waals surface area contributed by atoms with Gasteiger partial charge in [-0.2, -0.15) is 0 Å². The third kappa shape index (κ3) is 4.04. The van der Waals surface area contributed by atoms with Crippen molar-refractivity contribution < 1.29 is 14.6 Å². The monoisotopic (exact) mass is 292 g/mol. The van der Waals surface area contributed by atoms with Gasteiger partial charge in [0, 0.05) is 11.8 Å². The summed E-state index contributed by atoms with van der Waals surface area (Å²) in [6.07, 6.45) is 0.232. The first kappa shape index (κ1) is 14.5. The summed E-state index contributed by atoms with van der Waals surface area (Å²) in [6.45, 7) is 2.37. The molecule has 106 valence electrons. The maximum absolute atomic E-state index is 10.7. The highest BCUT2D eigenvalue weighted by atomic mass is 32.1. The van der Waals surface area contributed by atoms with Crippen molar-refractivity contribution in [2.75, 3.05) is 0 Å². The van der Waals surface area contributed by atoms with Crippen molar-refractivity contribution in [3.05, 3.63) is 45.9 Å². The molecule has 5 nitrogen and oxygen atoms in total. The van der Waals surface area contributed by atoms with Crippen LogP contribution in [-0.4, -0.2) is 22.1 Å². The number of carboxylic acids is 1. The van der Waals surface area contributed by atoms with Crippen molar-refractivity contribution in [1.82, 2.24) is 4.98 Å². The number of rotatable bonds is 6. The molecule has 0 saturated heterocycles. The van der Waals surface area contributed by atoms with Crippen molar-refractivity contribution in [3.8, 4) is 5.75 Å². The zero-order valence-corrected chi connectivity index (χ0v) is 11.9. The van der Waals surface area contributed by atoms with E-state index in [4.69, 9.17) is 15.6 Å². The van der Waals surface area contributed by atoms with Crippen molar-refractivity contribution in [1.29, 1.82) is 0 Å². The smallest absolute Gasteiger partial charge is 0.320 e. The number of hydrogen-bond acceptors (Lipinski definition) is 5. The highest BCUT2D eigenvalue weighted by molar-refractivity contribution is 7.09. The number of ether oxygens (including phenoxy) is 1. The van der Waals surface area contributed by atoms with E-state index in [-0.39, 0.29) is 6.42 Å². The van der Waals surface area contributed by atoms with E-state index < -0.39 is 12.0 Å². The molecule has 0 spiro atoms. The quantitative estimate of drug-likeness (QED) is 0.850. The molecule has 0 amide bonds. The molecule has 2 aromatic rings. The standard InChI is InChI=1S/C14H16N2O3S/c1-9-3-2-4-11(5-9)19-7-13-16-10(8-20-13)6-12(15)14(17)18/h2-5,8,12H,6-7,15H2,1H3,(H,17,18). The summed E-state index contributed by atoms with van der Waals surface area (Å²) in [4.78, 5) is 15.0. The number of aryl methyl sites for hydroxylation is 1. The molecule has 1 atom stereocenters. The molecule has 6 heteroatoms. The van der Waals surface area contributed by atoms with Gasteiger partial charge in [-0.1, -0.05) is 12.1 Å². The van der Waals surface area contributed by atoms with Crippen LogP contribution in [0.25, 0.3) is 0 Å². The normalized spacial score (nSPS) is 12.1. The number of nitrogens with zero attached hydrogens (tertiary/aromatic N) is 1. The molecule has 3 N–H and O–H groups in total. The summed E-state index contributed by atoms with van der Waals surface area (Å²) in [5.74, 6) is -0.223. The van der Waals surface area contributed by atoms with Gasteiger partial charge in [-0.3, -0.25) is 4.79 Å². The van der Waals surface area contributed by atoms with Gasteiger partial charge in [-0.05, 0) is 24.6 Å². The number of carbonyl (C=O) groups is 1. The highest BCUT2D eigenvalue weighted by Gasteiger charge is 2.14. The summed E-state index contributed by atoms with van der Waals surface area (Å²) >= 11 is 1.44. The minimum atomic E-state index is -1.02. The van der Waals surface area contributed by atoms with E-state index >= 15 is 0 Å². The van der Waals surface area contributed by atoms with Crippen LogP contribution < -0.4 is 10.5 Å². The number of benzene rings is 1. The lowest BCUT2D eigenvalue weighted by atomic mass is 10.2. The molecule has 1 unspecified atom stereocenters. The molecule has 0 radical (unpaired) electrons. The Morgan fingerprint density at radius 3 is 3.05 bits per heavy atom. The van der Waals surface area contributed by atoms with E-state index in [2.05, 4.69) is 4.98 Å². The first-order chi connectivity index (χ1) is 9.54. The molecule has 0 bridgehead atoms. The van der Waals surface area contributed by atoms with Gasteiger partial charge in [0.2, 0.25) is 0 Å². The fourth-order valence-electron chi connectivity index (χ4n) is 1.67. The molecule has 0 fully saturated rings. The molecule has 0 aliphatic heterocycles. The van der Waals surface area contributed by atoms with E-state index in [1.54, 1.807) is 0 Å². The maximum atomic E-state index is 10.7. The number of aliphatic carboxylic acids is 1. The summed E-state index contributed by atoms with van der Waals surface area (Å²) < 4.78 is 5.64. The number of carboxylic acid groups (broad SMARTS) is 1. The molecule has 0 saturated carbocycles. The first-order valence-corrected chi connectivity index (χ1v) is 7.03. The Morgan fingerprint density at radius 1 is 1.55 bits per heavy atom. The van der Waals surface area contributed by atoms with Crippen LogP contribution in [0.3, 0.4) is 0 Å². The SMILES string of the molecule is Cc1cccc(OCc2nc(CC(N)C(=O)O)cs2)c1. The number of hydrogen-bond donors (Lipinski definition) is 2. The minimum Gasteiger partial charge on any atom is -0.486 e. The van der Waals surface area contributed by atoms with E-state index in [1.165, 1.54) is 11.3 Å².